The van der Waals surface area contributed by atoms with Gasteiger partial charge < -0.3 is 20.3 Å². The highest BCUT2D eigenvalue weighted by atomic mass is 16.5. The van der Waals surface area contributed by atoms with Crippen LogP contribution in [-0.2, 0) is 14.3 Å². The molecule has 3 N–H and O–H groups in total. The number of carbonyl (C=O) groups is 2. The summed E-state index contributed by atoms with van der Waals surface area (Å²) in [6.45, 7) is 6.46. The van der Waals surface area contributed by atoms with Gasteiger partial charge in [0.25, 0.3) is 0 Å². The van der Waals surface area contributed by atoms with Crippen molar-refractivity contribution >= 4 is 11.9 Å². The van der Waals surface area contributed by atoms with Gasteiger partial charge in [-0.05, 0) is 77.0 Å². The Morgan fingerprint density at radius 1 is 0.446 bits per heavy atom. The van der Waals surface area contributed by atoms with Crippen molar-refractivity contribution in [2.24, 2.45) is 0 Å². The molecule has 380 valence electrons. The molecular weight excluding hydrogens is 803 g/mol. The minimum atomic E-state index is -0.797. The second-order valence-corrected chi connectivity index (χ2v) is 19.4. The molecule has 0 aliphatic rings. The number of amides is 1. The number of unbranched alkanes of at least 4 members (excludes halogenated alkanes) is 33. The first-order chi connectivity index (χ1) is 32.0. The first-order valence-corrected chi connectivity index (χ1v) is 28.4. The molecule has 0 saturated heterocycles. The summed E-state index contributed by atoms with van der Waals surface area (Å²) in [6, 6.07) is -0.713. The number of allylic oxidation sites excluding steroid dienone is 8. The molecule has 0 heterocycles. The number of aliphatic hydroxyl groups is 2. The van der Waals surface area contributed by atoms with E-state index in [0.29, 0.717) is 19.3 Å². The molecule has 0 rings (SSSR count). The molecule has 0 aromatic carbocycles. The molecule has 3 atom stereocenters. The maximum atomic E-state index is 13.3. The lowest BCUT2D eigenvalue weighted by Gasteiger charge is -2.24. The standard InChI is InChI=1S/C59H109NO5/c1-4-7-10-13-16-19-22-25-28-31-32-35-38-41-44-47-50-55(65-59(64)52-49-46-43-40-37-34-30-27-24-21-18-15-12-9-6-3)53-58(63)60-56(54-61)57(62)51-48-45-42-39-36-33-29-26-23-20-17-14-11-8-5-2/h18,21,24,27-28,31-32,35,55-57,61-62H,4-17,19-20,22-23,25-26,29-30,33-34,36-54H2,1-3H3,(H,60,63)/b21-18+,27-24+,31-28+,35-32+. The maximum Gasteiger partial charge on any atom is 0.306 e. The zero-order valence-corrected chi connectivity index (χ0v) is 43.4. The van der Waals surface area contributed by atoms with Gasteiger partial charge in [0.15, 0.2) is 0 Å². The van der Waals surface area contributed by atoms with Gasteiger partial charge in [-0.15, -0.1) is 0 Å². The zero-order valence-electron chi connectivity index (χ0n) is 43.4. The van der Waals surface area contributed by atoms with Crippen molar-refractivity contribution in [2.45, 2.75) is 309 Å². The molecule has 0 radical (unpaired) electrons. The third-order valence-corrected chi connectivity index (χ3v) is 12.9. The Kier molecular flexibility index (Phi) is 51.0. The van der Waals surface area contributed by atoms with E-state index in [1.165, 1.54) is 167 Å². The van der Waals surface area contributed by atoms with Crippen LogP contribution >= 0.6 is 0 Å². The molecule has 6 nitrogen and oxygen atoms in total. The van der Waals surface area contributed by atoms with Crippen molar-refractivity contribution in [1.29, 1.82) is 0 Å². The Morgan fingerprint density at radius 3 is 1.18 bits per heavy atom. The molecule has 0 aromatic heterocycles. The Balaban J connectivity index is 4.62. The van der Waals surface area contributed by atoms with Crippen molar-refractivity contribution in [3.05, 3.63) is 48.6 Å². The summed E-state index contributed by atoms with van der Waals surface area (Å²) in [5, 5.41) is 23.9. The Hall–Kier alpha value is -2.18. The molecule has 0 aliphatic carbocycles. The van der Waals surface area contributed by atoms with Gasteiger partial charge in [0.2, 0.25) is 5.91 Å². The van der Waals surface area contributed by atoms with E-state index in [1.807, 2.05) is 0 Å². The first-order valence-electron chi connectivity index (χ1n) is 28.4. The fourth-order valence-electron chi connectivity index (χ4n) is 8.59. The number of esters is 1. The molecule has 0 fully saturated rings. The fraction of sp³-hybridized carbons (Fsp3) is 0.831. The highest BCUT2D eigenvalue weighted by Crippen LogP contribution is 2.18. The molecular formula is C59H109NO5. The number of ether oxygens (including phenoxy) is 1. The lowest BCUT2D eigenvalue weighted by Crippen LogP contribution is -2.46. The highest BCUT2D eigenvalue weighted by molar-refractivity contribution is 5.77. The van der Waals surface area contributed by atoms with Crippen LogP contribution in [-0.4, -0.2) is 46.9 Å². The van der Waals surface area contributed by atoms with E-state index in [2.05, 4.69) is 74.7 Å². The predicted octanol–water partition coefficient (Wildman–Crippen LogP) is 17.4. The van der Waals surface area contributed by atoms with E-state index in [4.69, 9.17) is 4.74 Å². The Bertz CT molecular complexity index is 1110. The van der Waals surface area contributed by atoms with Crippen molar-refractivity contribution in [2.75, 3.05) is 6.61 Å². The van der Waals surface area contributed by atoms with Crippen LogP contribution in [0.1, 0.15) is 290 Å². The molecule has 1 amide bonds. The molecule has 0 aliphatic heterocycles. The third-order valence-electron chi connectivity index (χ3n) is 12.9. The summed E-state index contributed by atoms with van der Waals surface area (Å²) in [7, 11) is 0. The zero-order chi connectivity index (χ0) is 47.4. The van der Waals surface area contributed by atoms with Gasteiger partial charge in [-0.2, -0.15) is 0 Å². The van der Waals surface area contributed by atoms with Crippen LogP contribution in [0.3, 0.4) is 0 Å². The van der Waals surface area contributed by atoms with E-state index in [0.717, 1.165) is 77.0 Å². The number of hydrogen-bond acceptors (Lipinski definition) is 5. The van der Waals surface area contributed by atoms with Crippen LogP contribution in [0.2, 0.25) is 0 Å². The van der Waals surface area contributed by atoms with Gasteiger partial charge in [0, 0.05) is 6.42 Å². The quantitative estimate of drug-likeness (QED) is 0.0321. The maximum absolute atomic E-state index is 13.3. The molecule has 65 heavy (non-hydrogen) atoms. The van der Waals surface area contributed by atoms with Crippen molar-refractivity contribution in [3.8, 4) is 0 Å². The van der Waals surface area contributed by atoms with Crippen molar-refractivity contribution in [1.82, 2.24) is 5.32 Å². The van der Waals surface area contributed by atoms with E-state index in [1.54, 1.807) is 0 Å². The number of carbonyl (C=O) groups excluding carboxylic acids is 2. The van der Waals surface area contributed by atoms with Crippen LogP contribution in [0.4, 0.5) is 0 Å². The number of nitrogens with one attached hydrogen (secondary N) is 1. The highest BCUT2D eigenvalue weighted by Gasteiger charge is 2.24. The van der Waals surface area contributed by atoms with E-state index in [9.17, 15) is 19.8 Å². The molecule has 0 saturated carbocycles. The molecule has 6 heteroatoms. The van der Waals surface area contributed by atoms with Gasteiger partial charge in [0.05, 0.1) is 25.2 Å². The minimum absolute atomic E-state index is 0.0560. The van der Waals surface area contributed by atoms with Gasteiger partial charge in [-0.1, -0.05) is 249 Å². The lowest BCUT2D eigenvalue weighted by atomic mass is 10.0. The van der Waals surface area contributed by atoms with Crippen LogP contribution in [0.5, 0.6) is 0 Å². The lowest BCUT2D eigenvalue weighted by molar-refractivity contribution is -0.151. The number of hydrogen-bond donors (Lipinski definition) is 3. The topological polar surface area (TPSA) is 95.9 Å². The van der Waals surface area contributed by atoms with E-state index in [-0.39, 0.29) is 24.9 Å². The summed E-state index contributed by atoms with van der Waals surface area (Å²) in [4.78, 5) is 26.2. The summed E-state index contributed by atoms with van der Waals surface area (Å²) in [6.07, 6.45) is 64.5. The smallest absolute Gasteiger partial charge is 0.306 e. The number of rotatable bonds is 51. The van der Waals surface area contributed by atoms with Gasteiger partial charge in [-0.3, -0.25) is 9.59 Å². The van der Waals surface area contributed by atoms with Gasteiger partial charge >= 0.3 is 5.97 Å². The molecule has 0 aromatic rings. The molecule has 0 spiro atoms. The minimum Gasteiger partial charge on any atom is -0.462 e. The van der Waals surface area contributed by atoms with Crippen LogP contribution in [0.15, 0.2) is 48.6 Å². The third kappa shape index (κ3) is 48.1. The molecule has 3 unspecified atom stereocenters. The van der Waals surface area contributed by atoms with Gasteiger partial charge in [0.1, 0.15) is 6.10 Å². The van der Waals surface area contributed by atoms with Crippen LogP contribution in [0.25, 0.3) is 0 Å². The van der Waals surface area contributed by atoms with Crippen molar-refractivity contribution in [3.63, 3.8) is 0 Å². The largest absolute Gasteiger partial charge is 0.462 e. The van der Waals surface area contributed by atoms with E-state index >= 15 is 0 Å². The molecule has 0 bridgehead atoms. The summed E-state index contributed by atoms with van der Waals surface area (Å²) < 4.78 is 5.94. The monoisotopic (exact) mass is 912 g/mol. The average molecular weight is 913 g/mol. The van der Waals surface area contributed by atoms with Gasteiger partial charge in [-0.25, -0.2) is 0 Å². The second-order valence-electron chi connectivity index (χ2n) is 19.4. The first kappa shape index (κ1) is 62.8. The Labute approximate surface area is 404 Å². The normalized spacial score (nSPS) is 13.5. The Morgan fingerprint density at radius 2 is 0.769 bits per heavy atom. The predicted molar refractivity (Wildman–Crippen MR) is 282 cm³/mol. The summed E-state index contributed by atoms with van der Waals surface area (Å²) in [5.41, 5.74) is 0. The van der Waals surface area contributed by atoms with Crippen LogP contribution in [0, 0.1) is 0 Å². The SMILES string of the molecule is CCCCC/C=C/C=C/CCCCCCCCC(=O)OC(CCCCC/C=C/C=C/CCCCCCCCC)CC(=O)NC(CO)C(O)CCCCCCCCCCCCCCCCC. The number of aliphatic hydroxyl groups excluding tert-OH is 2. The van der Waals surface area contributed by atoms with E-state index < -0.39 is 18.2 Å². The fourth-order valence-corrected chi connectivity index (χ4v) is 8.59. The average Bonchev–Trinajstić information content (AvgIpc) is 3.30. The van der Waals surface area contributed by atoms with Crippen LogP contribution < -0.4 is 5.32 Å². The summed E-state index contributed by atoms with van der Waals surface area (Å²) in [5.74, 6) is -0.504. The second kappa shape index (κ2) is 52.8. The summed E-state index contributed by atoms with van der Waals surface area (Å²) >= 11 is 0. The van der Waals surface area contributed by atoms with Crippen molar-refractivity contribution < 1.29 is 24.5 Å².